The van der Waals surface area contributed by atoms with Crippen molar-refractivity contribution in [3.63, 3.8) is 0 Å². The zero-order valence-electron chi connectivity index (χ0n) is 18.0. The minimum absolute atomic E-state index is 0.390. The van der Waals surface area contributed by atoms with Crippen LogP contribution in [-0.4, -0.2) is 40.0 Å². The molecule has 0 atom stereocenters. The summed E-state index contributed by atoms with van der Waals surface area (Å²) in [5.41, 5.74) is 1.69. The van der Waals surface area contributed by atoms with E-state index in [-0.39, 0.29) is 0 Å². The number of anilines is 3. The normalized spacial score (nSPS) is 19.0. The zero-order valence-corrected chi connectivity index (χ0v) is 19.5. The third-order valence-corrected chi connectivity index (χ3v) is 6.52. The average molecular weight is 458 g/mol. The van der Waals surface area contributed by atoms with Crippen molar-refractivity contribution in [2.45, 2.75) is 51.6 Å². The van der Waals surface area contributed by atoms with Crippen LogP contribution in [0.5, 0.6) is 0 Å². The highest BCUT2D eigenvalue weighted by Crippen LogP contribution is 2.30. The second-order valence-corrected chi connectivity index (χ2v) is 8.94. The van der Waals surface area contributed by atoms with Crippen LogP contribution in [0, 0.1) is 0 Å². The number of halogens is 2. The third-order valence-electron chi connectivity index (χ3n) is 6.09. The van der Waals surface area contributed by atoms with Crippen LogP contribution in [0.3, 0.4) is 0 Å². The van der Waals surface area contributed by atoms with E-state index in [1.54, 1.807) is 6.07 Å². The van der Waals surface area contributed by atoms with Gasteiger partial charge in [0.05, 0.1) is 5.52 Å². The second kappa shape index (κ2) is 10.0. The first kappa shape index (κ1) is 22.1. The van der Waals surface area contributed by atoms with E-state index in [0.717, 1.165) is 48.3 Å². The number of fused-ring (bicyclic) bond motifs is 1. The number of hydrogen-bond acceptors (Lipinski definition) is 5. The van der Waals surface area contributed by atoms with E-state index in [1.807, 2.05) is 36.4 Å². The van der Waals surface area contributed by atoms with Crippen molar-refractivity contribution in [3.05, 3.63) is 52.5 Å². The third kappa shape index (κ3) is 5.40. The van der Waals surface area contributed by atoms with Gasteiger partial charge in [0.1, 0.15) is 5.82 Å². The summed E-state index contributed by atoms with van der Waals surface area (Å²) in [6.07, 6.45) is 4.67. The van der Waals surface area contributed by atoms with E-state index in [1.165, 1.54) is 12.8 Å². The number of rotatable bonds is 7. The molecule has 0 saturated heterocycles. The number of aromatic nitrogens is 2. The van der Waals surface area contributed by atoms with Crippen LogP contribution in [0.15, 0.2) is 42.5 Å². The quantitative estimate of drug-likeness (QED) is 0.410. The second-order valence-electron chi connectivity index (χ2n) is 8.07. The fraction of sp³-hybridized carbons (Fsp3) is 0.417. The molecule has 1 aromatic heterocycles. The predicted octanol–water partition coefficient (Wildman–Crippen LogP) is 6.75. The van der Waals surface area contributed by atoms with Crippen LogP contribution in [0.4, 0.5) is 17.5 Å². The summed E-state index contributed by atoms with van der Waals surface area (Å²) in [6, 6.07) is 14.5. The molecule has 0 aliphatic heterocycles. The average Bonchev–Trinajstić information content (AvgIpc) is 2.75. The van der Waals surface area contributed by atoms with Gasteiger partial charge in [-0.25, -0.2) is 4.98 Å². The van der Waals surface area contributed by atoms with E-state index in [9.17, 15) is 0 Å². The molecule has 5 nitrogen and oxygen atoms in total. The Morgan fingerprint density at radius 1 is 0.935 bits per heavy atom. The monoisotopic (exact) mass is 457 g/mol. The fourth-order valence-electron chi connectivity index (χ4n) is 4.51. The van der Waals surface area contributed by atoms with Gasteiger partial charge in [-0.3, -0.25) is 0 Å². The lowest BCUT2D eigenvalue weighted by Gasteiger charge is -2.36. The van der Waals surface area contributed by atoms with Gasteiger partial charge in [-0.15, -0.1) is 0 Å². The van der Waals surface area contributed by atoms with Crippen molar-refractivity contribution >= 4 is 51.6 Å². The zero-order chi connectivity index (χ0) is 21.8. The van der Waals surface area contributed by atoms with Crippen LogP contribution in [0.1, 0.15) is 39.5 Å². The lowest BCUT2D eigenvalue weighted by molar-refractivity contribution is 0.167. The smallest absolute Gasteiger partial charge is 0.225 e. The lowest BCUT2D eigenvalue weighted by atomic mass is 9.90. The minimum atomic E-state index is 0.390. The van der Waals surface area contributed by atoms with E-state index in [2.05, 4.69) is 29.4 Å². The molecule has 7 heteroatoms. The molecule has 1 heterocycles. The van der Waals surface area contributed by atoms with Gasteiger partial charge < -0.3 is 15.5 Å². The van der Waals surface area contributed by atoms with Crippen molar-refractivity contribution in [2.75, 3.05) is 23.7 Å². The predicted molar refractivity (Wildman–Crippen MR) is 132 cm³/mol. The maximum Gasteiger partial charge on any atom is 0.225 e. The van der Waals surface area contributed by atoms with Crippen LogP contribution < -0.4 is 10.6 Å². The highest BCUT2D eigenvalue weighted by molar-refractivity contribution is 6.35. The van der Waals surface area contributed by atoms with Gasteiger partial charge in [-0.05, 0) is 69.1 Å². The van der Waals surface area contributed by atoms with E-state index < -0.39 is 0 Å². The SMILES string of the molecule is CCN(CC)C1CCC(Nc2nc(Nc3cc(Cl)cc(Cl)c3)c3ccccc3n2)CC1. The van der Waals surface area contributed by atoms with Crippen LogP contribution >= 0.6 is 23.2 Å². The maximum atomic E-state index is 6.18. The molecule has 1 aliphatic rings. The Hall–Kier alpha value is -2.08. The largest absolute Gasteiger partial charge is 0.351 e. The minimum Gasteiger partial charge on any atom is -0.351 e. The Labute approximate surface area is 194 Å². The molecule has 1 aliphatic carbocycles. The molecule has 4 rings (SSSR count). The molecule has 3 aromatic rings. The van der Waals surface area contributed by atoms with Gasteiger partial charge in [0.15, 0.2) is 0 Å². The van der Waals surface area contributed by atoms with Crippen molar-refractivity contribution in [2.24, 2.45) is 0 Å². The van der Waals surface area contributed by atoms with Gasteiger partial charge in [0, 0.05) is 33.2 Å². The topological polar surface area (TPSA) is 53.1 Å². The standard InChI is InChI=1S/C24H29Cl2N5/c1-3-31(4-2)20-11-9-18(10-12-20)28-24-29-22-8-6-5-7-21(22)23(30-24)27-19-14-16(25)13-17(26)15-19/h5-8,13-15,18,20H,3-4,9-12H2,1-2H3,(H2,27,28,29,30). The van der Waals surface area contributed by atoms with E-state index in [4.69, 9.17) is 33.2 Å². The van der Waals surface area contributed by atoms with Gasteiger partial charge in [0.2, 0.25) is 5.95 Å². The van der Waals surface area contributed by atoms with Crippen LogP contribution in [-0.2, 0) is 0 Å². The summed E-state index contributed by atoms with van der Waals surface area (Å²) >= 11 is 12.4. The highest BCUT2D eigenvalue weighted by atomic mass is 35.5. The Balaban J connectivity index is 1.54. The van der Waals surface area contributed by atoms with Crippen molar-refractivity contribution in [1.82, 2.24) is 14.9 Å². The molecular weight excluding hydrogens is 429 g/mol. The maximum absolute atomic E-state index is 6.18. The Morgan fingerprint density at radius 2 is 1.61 bits per heavy atom. The molecule has 0 radical (unpaired) electrons. The highest BCUT2D eigenvalue weighted by Gasteiger charge is 2.25. The summed E-state index contributed by atoms with van der Waals surface area (Å²) in [6.45, 7) is 6.74. The molecule has 1 fully saturated rings. The van der Waals surface area contributed by atoms with E-state index >= 15 is 0 Å². The van der Waals surface area contributed by atoms with Crippen LogP contribution in [0.2, 0.25) is 10.0 Å². The molecule has 2 N–H and O–H groups in total. The number of nitrogens with one attached hydrogen (secondary N) is 2. The van der Waals surface area contributed by atoms with E-state index in [0.29, 0.717) is 28.1 Å². The van der Waals surface area contributed by atoms with Gasteiger partial charge in [-0.2, -0.15) is 4.98 Å². The molecule has 1 saturated carbocycles. The first-order valence-electron chi connectivity index (χ1n) is 11.1. The number of nitrogens with zero attached hydrogens (tertiary/aromatic N) is 3. The summed E-state index contributed by atoms with van der Waals surface area (Å²) in [4.78, 5) is 12.1. The van der Waals surface area contributed by atoms with Crippen molar-refractivity contribution in [3.8, 4) is 0 Å². The van der Waals surface area contributed by atoms with Gasteiger partial charge in [-0.1, -0.05) is 49.2 Å². The Bertz CT molecular complexity index is 1010. The number of hydrogen-bond donors (Lipinski definition) is 2. The first-order chi connectivity index (χ1) is 15.1. The van der Waals surface area contributed by atoms with Crippen molar-refractivity contribution in [1.29, 1.82) is 0 Å². The molecule has 0 amide bonds. The Kier molecular flexibility index (Phi) is 7.16. The van der Waals surface area contributed by atoms with Crippen LogP contribution in [0.25, 0.3) is 10.9 Å². The summed E-state index contributed by atoms with van der Waals surface area (Å²) < 4.78 is 0. The van der Waals surface area contributed by atoms with Gasteiger partial charge >= 0.3 is 0 Å². The van der Waals surface area contributed by atoms with Crippen molar-refractivity contribution < 1.29 is 0 Å². The molecule has 0 spiro atoms. The number of benzene rings is 2. The Morgan fingerprint density at radius 3 is 2.29 bits per heavy atom. The molecule has 164 valence electrons. The molecule has 31 heavy (non-hydrogen) atoms. The molecule has 0 unspecified atom stereocenters. The summed E-state index contributed by atoms with van der Waals surface area (Å²) in [5, 5.41) is 9.07. The fourth-order valence-corrected chi connectivity index (χ4v) is 5.03. The van der Waals surface area contributed by atoms with Gasteiger partial charge in [0.25, 0.3) is 0 Å². The summed E-state index contributed by atoms with van der Waals surface area (Å²) in [5.74, 6) is 1.39. The summed E-state index contributed by atoms with van der Waals surface area (Å²) in [7, 11) is 0. The number of para-hydroxylation sites is 1. The molecule has 0 bridgehead atoms. The molecule has 2 aromatic carbocycles. The lowest BCUT2D eigenvalue weighted by Crippen LogP contribution is -2.40. The molecular formula is C24H29Cl2N5. The first-order valence-corrected chi connectivity index (χ1v) is 11.8.